The second-order valence-corrected chi connectivity index (χ2v) is 7.56. The summed E-state index contributed by atoms with van der Waals surface area (Å²) in [4.78, 5) is 19.7. The highest BCUT2D eigenvalue weighted by molar-refractivity contribution is 5.83. The Kier molecular flexibility index (Phi) is 7.19. The minimum Gasteiger partial charge on any atom is -0.338 e. The Labute approximate surface area is 167 Å². The predicted octanol–water partition coefficient (Wildman–Crippen LogP) is 0.957. The monoisotopic (exact) mass is 384 g/mol. The first kappa shape index (κ1) is 20.5. The highest BCUT2D eigenvalue weighted by atomic mass is 16.2. The summed E-state index contributed by atoms with van der Waals surface area (Å²) in [6.45, 7) is 6.43. The van der Waals surface area contributed by atoms with Gasteiger partial charge in [-0.2, -0.15) is 5.10 Å². The molecule has 1 atom stereocenters. The van der Waals surface area contributed by atoms with Crippen LogP contribution in [0.1, 0.15) is 17.2 Å². The van der Waals surface area contributed by atoms with E-state index < -0.39 is 0 Å². The van der Waals surface area contributed by atoms with Crippen molar-refractivity contribution in [3.05, 3.63) is 53.9 Å². The summed E-state index contributed by atoms with van der Waals surface area (Å²) < 4.78 is 1.73. The van der Waals surface area contributed by atoms with E-state index in [-0.39, 0.29) is 11.9 Å². The number of carbonyl (C=O) groups excluding carboxylic acids is 1. The first-order valence-electron chi connectivity index (χ1n) is 9.96. The molecule has 1 aromatic heterocycles. The average Bonchev–Trinajstić information content (AvgIpc) is 3.14. The molecule has 1 N–H and O–H groups in total. The van der Waals surface area contributed by atoms with Crippen molar-refractivity contribution in [3.63, 3.8) is 0 Å². The van der Waals surface area contributed by atoms with E-state index in [2.05, 4.69) is 57.6 Å². The van der Waals surface area contributed by atoms with Gasteiger partial charge >= 0.3 is 0 Å². The zero-order valence-corrected chi connectivity index (χ0v) is 17.2. The number of nitrogens with zero attached hydrogens (tertiary/aromatic N) is 5. The molecule has 7 nitrogen and oxygen atoms in total. The first-order valence-corrected chi connectivity index (χ1v) is 9.96. The van der Waals surface area contributed by atoms with Gasteiger partial charge in [0.05, 0.1) is 6.20 Å². The van der Waals surface area contributed by atoms with Gasteiger partial charge in [0.15, 0.2) is 0 Å². The zero-order chi connectivity index (χ0) is 19.9. The number of likely N-dealkylation sites (N-methyl/N-ethyl adjacent to an activating group) is 2. The Bertz CT molecular complexity index is 738. The maximum atomic E-state index is 12.9. The number of amides is 1. The van der Waals surface area contributed by atoms with E-state index in [1.165, 1.54) is 5.56 Å². The van der Waals surface area contributed by atoms with Crippen molar-refractivity contribution in [1.29, 1.82) is 0 Å². The molecule has 2 heterocycles. The molecule has 1 saturated heterocycles. The van der Waals surface area contributed by atoms with Gasteiger partial charge < -0.3 is 15.1 Å². The van der Waals surface area contributed by atoms with E-state index in [0.29, 0.717) is 0 Å². The molecule has 1 aliphatic heterocycles. The fourth-order valence-electron chi connectivity index (χ4n) is 3.68. The third kappa shape index (κ3) is 5.41. The Balaban J connectivity index is 1.43. The standard InChI is InChI=1S/C21H32N6O/c1-22-20(19-15-23-25(3)17-19)21(28)27-13-11-26(12-14-27)10-9-24(2)16-18-7-5-4-6-8-18/h4-8,15,17,20,22H,9-14,16H2,1-3H3. The minimum absolute atomic E-state index is 0.136. The molecule has 1 fully saturated rings. The average molecular weight is 385 g/mol. The van der Waals surface area contributed by atoms with E-state index in [4.69, 9.17) is 0 Å². The molecule has 28 heavy (non-hydrogen) atoms. The normalized spacial score (nSPS) is 16.5. The van der Waals surface area contributed by atoms with Gasteiger partial charge in [-0.1, -0.05) is 30.3 Å². The SMILES string of the molecule is CNC(C(=O)N1CCN(CCN(C)Cc2ccccc2)CC1)c1cnn(C)c1. The summed E-state index contributed by atoms with van der Waals surface area (Å²) in [6.07, 6.45) is 3.66. The van der Waals surface area contributed by atoms with Crippen LogP contribution in [0.3, 0.4) is 0 Å². The van der Waals surface area contributed by atoms with Crippen LogP contribution in [0.2, 0.25) is 0 Å². The lowest BCUT2D eigenvalue weighted by molar-refractivity contribution is -0.135. The number of rotatable bonds is 8. The molecular weight excluding hydrogens is 352 g/mol. The Morgan fingerprint density at radius 3 is 2.54 bits per heavy atom. The maximum Gasteiger partial charge on any atom is 0.244 e. The smallest absolute Gasteiger partial charge is 0.244 e. The summed E-state index contributed by atoms with van der Waals surface area (Å²) in [6, 6.07) is 10.2. The second kappa shape index (κ2) is 9.82. The zero-order valence-electron chi connectivity index (χ0n) is 17.2. The fraction of sp³-hybridized carbons (Fsp3) is 0.524. The number of aryl methyl sites for hydroxylation is 1. The minimum atomic E-state index is -0.322. The number of carbonyl (C=O) groups is 1. The fourth-order valence-corrected chi connectivity index (χ4v) is 3.68. The third-order valence-corrected chi connectivity index (χ3v) is 5.37. The van der Waals surface area contributed by atoms with Gasteiger partial charge in [-0.15, -0.1) is 0 Å². The van der Waals surface area contributed by atoms with Gasteiger partial charge in [0, 0.05) is 64.6 Å². The number of hydrogen-bond donors (Lipinski definition) is 1. The van der Waals surface area contributed by atoms with E-state index in [9.17, 15) is 4.79 Å². The third-order valence-electron chi connectivity index (χ3n) is 5.37. The van der Waals surface area contributed by atoms with Gasteiger partial charge in [0.1, 0.15) is 6.04 Å². The summed E-state index contributed by atoms with van der Waals surface area (Å²) in [5.41, 5.74) is 2.26. The highest BCUT2D eigenvalue weighted by Gasteiger charge is 2.28. The molecule has 0 spiro atoms. The molecule has 1 aliphatic rings. The van der Waals surface area contributed by atoms with Crippen LogP contribution < -0.4 is 5.32 Å². The molecule has 0 saturated carbocycles. The summed E-state index contributed by atoms with van der Waals surface area (Å²) in [5.74, 6) is 0.136. The van der Waals surface area contributed by atoms with Crippen molar-refractivity contribution in [2.45, 2.75) is 12.6 Å². The molecule has 152 valence electrons. The van der Waals surface area contributed by atoms with Gasteiger partial charge in [-0.05, 0) is 19.7 Å². The topological polar surface area (TPSA) is 56.6 Å². The van der Waals surface area contributed by atoms with Crippen LogP contribution in [0.25, 0.3) is 0 Å². The highest BCUT2D eigenvalue weighted by Crippen LogP contribution is 2.16. The largest absolute Gasteiger partial charge is 0.338 e. The van der Waals surface area contributed by atoms with Crippen LogP contribution in [0.5, 0.6) is 0 Å². The quantitative estimate of drug-likeness (QED) is 0.735. The summed E-state index contributed by atoms with van der Waals surface area (Å²) >= 11 is 0. The number of aromatic nitrogens is 2. The van der Waals surface area contributed by atoms with Gasteiger partial charge in [-0.3, -0.25) is 14.4 Å². The number of hydrogen-bond acceptors (Lipinski definition) is 5. The Hall–Kier alpha value is -2.22. The first-order chi connectivity index (χ1) is 13.6. The molecule has 1 aromatic carbocycles. The lowest BCUT2D eigenvalue weighted by Gasteiger charge is -2.36. The molecule has 0 aliphatic carbocycles. The maximum absolute atomic E-state index is 12.9. The lowest BCUT2D eigenvalue weighted by atomic mass is 10.1. The van der Waals surface area contributed by atoms with Crippen LogP contribution in [0, 0.1) is 0 Å². The summed E-state index contributed by atoms with van der Waals surface area (Å²) in [7, 11) is 5.86. The summed E-state index contributed by atoms with van der Waals surface area (Å²) in [5, 5.41) is 7.33. The molecule has 1 unspecified atom stereocenters. The molecule has 3 rings (SSSR count). The van der Waals surface area contributed by atoms with Crippen molar-refractivity contribution in [2.75, 3.05) is 53.4 Å². The van der Waals surface area contributed by atoms with Crippen LogP contribution in [-0.4, -0.2) is 83.8 Å². The number of benzene rings is 1. The second-order valence-electron chi connectivity index (χ2n) is 7.56. The molecule has 0 bridgehead atoms. The van der Waals surface area contributed by atoms with Crippen molar-refractivity contribution >= 4 is 5.91 Å². The van der Waals surface area contributed by atoms with Crippen molar-refractivity contribution in [2.24, 2.45) is 7.05 Å². The number of piperazine rings is 1. The van der Waals surface area contributed by atoms with E-state index in [1.54, 1.807) is 10.9 Å². The van der Waals surface area contributed by atoms with E-state index >= 15 is 0 Å². The van der Waals surface area contributed by atoms with Crippen LogP contribution >= 0.6 is 0 Å². The van der Waals surface area contributed by atoms with E-state index in [0.717, 1.165) is 51.4 Å². The van der Waals surface area contributed by atoms with Crippen LogP contribution in [0.4, 0.5) is 0 Å². The molecule has 2 aromatic rings. The van der Waals surface area contributed by atoms with Gasteiger partial charge in [-0.25, -0.2) is 0 Å². The van der Waals surface area contributed by atoms with Crippen LogP contribution in [-0.2, 0) is 18.4 Å². The van der Waals surface area contributed by atoms with Gasteiger partial charge in [0.25, 0.3) is 0 Å². The van der Waals surface area contributed by atoms with Crippen molar-refractivity contribution in [1.82, 2.24) is 29.8 Å². The lowest BCUT2D eigenvalue weighted by Crippen LogP contribution is -2.52. The predicted molar refractivity (Wildman–Crippen MR) is 111 cm³/mol. The van der Waals surface area contributed by atoms with Gasteiger partial charge in [0.2, 0.25) is 5.91 Å². The Morgan fingerprint density at radius 1 is 1.21 bits per heavy atom. The molecule has 7 heteroatoms. The molecule has 0 radical (unpaired) electrons. The number of nitrogens with one attached hydrogen (secondary N) is 1. The van der Waals surface area contributed by atoms with Crippen molar-refractivity contribution in [3.8, 4) is 0 Å². The van der Waals surface area contributed by atoms with E-state index in [1.807, 2.05) is 25.2 Å². The van der Waals surface area contributed by atoms with Crippen molar-refractivity contribution < 1.29 is 4.79 Å². The molecule has 1 amide bonds. The Morgan fingerprint density at radius 2 is 1.93 bits per heavy atom. The molecular formula is C21H32N6O. The van der Waals surface area contributed by atoms with Crippen LogP contribution in [0.15, 0.2) is 42.7 Å².